The van der Waals surface area contributed by atoms with E-state index in [4.69, 9.17) is 5.14 Å². The molecule has 0 spiro atoms. The second-order valence-electron chi connectivity index (χ2n) is 7.35. The summed E-state index contributed by atoms with van der Waals surface area (Å²) < 4.78 is 22.8. The summed E-state index contributed by atoms with van der Waals surface area (Å²) in [6.45, 7) is 3.13. The molecule has 0 amide bonds. The molecule has 1 aromatic carbocycles. The number of nitrogens with two attached hydrogens (primary N) is 1. The van der Waals surface area contributed by atoms with Gasteiger partial charge in [-0.05, 0) is 43.7 Å². The fourth-order valence-electron chi connectivity index (χ4n) is 4.00. The number of hydrogen-bond donors (Lipinski definition) is 2. The summed E-state index contributed by atoms with van der Waals surface area (Å²) in [6.07, 6.45) is 7.20. The van der Waals surface area contributed by atoms with Gasteiger partial charge < -0.3 is 10.2 Å². The van der Waals surface area contributed by atoms with Gasteiger partial charge in [0, 0.05) is 31.7 Å². The lowest BCUT2D eigenvalue weighted by Crippen LogP contribution is -2.41. The summed E-state index contributed by atoms with van der Waals surface area (Å²) in [5, 5.41) is 19.6. The van der Waals surface area contributed by atoms with Gasteiger partial charge in [-0.25, -0.2) is 13.6 Å². The number of piperidine rings is 1. The zero-order valence-corrected chi connectivity index (χ0v) is 15.6. The Labute approximate surface area is 153 Å². The molecule has 8 nitrogen and oxygen atoms in total. The summed E-state index contributed by atoms with van der Waals surface area (Å²) in [4.78, 5) is 13.0. The molecular formula is C17H26N4O4S. The van der Waals surface area contributed by atoms with E-state index < -0.39 is 14.9 Å². The molecule has 1 aromatic rings. The largest absolute Gasteiger partial charge is 0.377 e. The van der Waals surface area contributed by atoms with E-state index in [1.54, 1.807) is 0 Å². The Balaban J connectivity index is 1.61. The molecule has 2 fully saturated rings. The van der Waals surface area contributed by atoms with Crippen LogP contribution in [0, 0.1) is 16.0 Å². The second kappa shape index (κ2) is 7.89. The lowest BCUT2D eigenvalue weighted by molar-refractivity contribution is -0.384. The number of nitro benzene ring substituents is 1. The van der Waals surface area contributed by atoms with Gasteiger partial charge in [-0.2, -0.15) is 0 Å². The Kier molecular flexibility index (Phi) is 5.79. The molecule has 0 bridgehead atoms. The summed E-state index contributed by atoms with van der Waals surface area (Å²) in [7, 11) is -3.97. The van der Waals surface area contributed by atoms with Crippen molar-refractivity contribution in [3.05, 3.63) is 28.3 Å². The first kappa shape index (κ1) is 19.1. The number of nitrogens with one attached hydrogen (secondary N) is 1. The highest BCUT2D eigenvalue weighted by atomic mass is 32.2. The van der Waals surface area contributed by atoms with Gasteiger partial charge in [0.15, 0.2) is 0 Å². The van der Waals surface area contributed by atoms with Crippen LogP contribution in [0.1, 0.15) is 38.5 Å². The smallest absolute Gasteiger partial charge is 0.293 e. The average Bonchev–Trinajstić information content (AvgIpc) is 3.09. The molecule has 2 aliphatic rings. The minimum Gasteiger partial charge on any atom is -0.377 e. The summed E-state index contributed by atoms with van der Waals surface area (Å²) in [5.41, 5.74) is 0.0848. The molecule has 144 valence electrons. The van der Waals surface area contributed by atoms with Crippen molar-refractivity contribution < 1.29 is 13.3 Å². The summed E-state index contributed by atoms with van der Waals surface area (Å²) in [6, 6.07) is 3.91. The zero-order chi connectivity index (χ0) is 18.7. The van der Waals surface area contributed by atoms with E-state index in [0.717, 1.165) is 44.5 Å². The van der Waals surface area contributed by atoms with Crippen LogP contribution < -0.4 is 10.5 Å². The van der Waals surface area contributed by atoms with Crippen LogP contribution >= 0.6 is 0 Å². The van der Waals surface area contributed by atoms with Gasteiger partial charge in [-0.15, -0.1) is 0 Å². The fourth-order valence-corrected chi connectivity index (χ4v) is 4.53. The number of benzene rings is 1. The van der Waals surface area contributed by atoms with E-state index in [0.29, 0.717) is 5.69 Å². The van der Waals surface area contributed by atoms with Crippen LogP contribution in [0.25, 0.3) is 0 Å². The Morgan fingerprint density at radius 2 is 1.85 bits per heavy atom. The second-order valence-corrected chi connectivity index (χ2v) is 8.91. The van der Waals surface area contributed by atoms with Gasteiger partial charge in [-0.3, -0.25) is 10.1 Å². The molecule has 9 heteroatoms. The molecule has 3 N–H and O–H groups in total. The topological polar surface area (TPSA) is 119 Å². The first-order valence-electron chi connectivity index (χ1n) is 9.13. The Morgan fingerprint density at radius 3 is 2.42 bits per heavy atom. The number of anilines is 1. The van der Waals surface area contributed by atoms with Crippen molar-refractivity contribution in [3.8, 4) is 0 Å². The normalized spacial score (nSPS) is 20.3. The van der Waals surface area contributed by atoms with Gasteiger partial charge in [0.2, 0.25) is 10.0 Å². The molecule has 0 radical (unpaired) electrons. The molecule has 1 saturated carbocycles. The summed E-state index contributed by atoms with van der Waals surface area (Å²) >= 11 is 0. The van der Waals surface area contributed by atoms with E-state index in [9.17, 15) is 18.5 Å². The first-order chi connectivity index (χ1) is 12.3. The third-order valence-corrected chi connectivity index (χ3v) is 6.34. The zero-order valence-electron chi connectivity index (χ0n) is 14.8. The van der Waals surface area contributed by atoms with Crippen molar-refractivity contribution in [2.75, 3.05) is 25.0 Å². The third-order valence-electron chi connectivity index (χ3n) is 5.43. The lowest BCUT2D eigenvalue weighted by atomic mass is 10.0. The Morgan fingerprint density at radius 1 is 1.19 bits per heavy atom. The predicted molar refractivity (Wildman–Crippen MR) is 99.5 cm³/mol. The SMILES string of the molecule is NS(=O)(=O)c1ccc(NC2CCN(CC3CCCC3)CC2)c([N+](=O)[O-])c1. The van der Waals surface area contributed by atoms with Crippen molar-refractivity contribution in [1.82, 2.24) is 4.90 Å². The maximum atomic E-state index is 11.4. The number of primary sulfonamides is 1. The van der Waals surface area contributed by atoms with Crippen molar-refractivity contribution in [1.29, 1.82) is 0 Å². The van der Waals surface area contributed by atoms with Gasteiger partial charge in [-0.1, -0.05) is 12.8 Å². The highest BCUT2D eigenvalue weighted by Gasteiger charge is 2.25. The molecule has 3 rings (SSSR count). The maximum absolute atomic E-state index is 11.4. The highest BCUT2D eigenvalue weighted by molar-refractivity contribution is 7.89. The van der Waals surface area contributed by atoms with Crippen LogP contribution in [0.5, 0.6) is 0 Å². The monoisotopic (exact) mass is 382 g/mol. The number of nitro groups is 1. The van der Waals surface area contributed by atoms with Gasteiger partial charge >= 0.3 is 0 Å². The van der Waals surface area contributed by atoms with Crippen LogP contribution in [0.3, 0.4) is 0 Å². The standard InChI is InChI=1S/C17H26N4O4S/c18-26(24,25)15-5-6-16(17(11-15)21(22)23)19-14-7-9-20(10-8-14)12-13-3-1-2-4-13/h5-6,11,13-14,19H,1-4,7-10,12H2,(H2,18,24,25). The first-order valence-corrected chi connectivity index (χ1v) is 10.7. The van der Waals surface area contributed by atoms with E-state index >= 15 is 0 Å². The van der Waals surface area contributed by atoms with Crippen LogP contribution in [-0.4, -0.2) is 43.9 Å². The number of sulfonamides is 1. The van der Waals surface area contributed by atoms with Crippen molar-refractivity contribution >= 4 is 21.4 Å². The van der Waals surface area contributed by atoms with Crippen LogP contribution in [0.15, 0.2) is 23.1 Å². The van der Waals surface area contributed by atoms with E-state index in [-0.39, 0.29) is 16.6 Å². The molecule has 1 saturated heterocycles. The van der Waals surface area contributed by atoms with Gasteiger partial charge in [0.1, 0.15) is 5.69 Å². The lowest BCUT2D eigenvalue weighted by Gasteiger charge is -2.34. The van der Waals surface area contributed by atoms with Crippen molar-refractivity contribution in [2.24, 2.45) is 11.1 Å². The molecule has 1 aliphatic heterocycles. The quantitative estimate of drug-likeness (QED) is 0.576. The Bertz CT molecular complexity index is 754. The van der Waals surface area contributed by atoms with Crippen LogP contribution in [0.4, 0.5) is 11.4 Å². The Hall–Kier alpha value is -1.71. The molecule has 0 aromatic heterocycles. The van der Waals surface area contributed by atoms with E-state index in [1.807, 2.05) is 0 Å². The molecular weight excluding hydrogens is 356 g/mol. The number of likely N-dealkylation sites (tertiary alicyclic amines) is 1. The maximum Gasteiger partial charge on any atom is 0.293 e. The molecule has 1 heterocycles. The highest BCUT2D eigenvalue weighted by Crippen LogP contribution is 2.30. The fraction of sp³-hybridized carbons (Fsp3) is 0.647. The molecule has 0 unspecified atom stereocenters. The average molecular weight is 382 g/mol. The number of rotatable bonds is 6. The minimum atomic E-state index is -3.97. The van der Waals surface area contributed by atoms with Crippen molar-refractivity contribution in [2.45, 2.75) is 49.5 Å². The summed E-state index contributed by atoms with van der Waals surface area (Å²) in [5.74, 6) is 0.825. The van der Waals surface area contributed by atoms with Gasteiger partial charge in [0.25, 0.3) is 5.69 Å². The predicted octanol–water partition coefficient (Wildman–Crippen LogP) is 2.31. The minimum absolute atomic E-state index is 0.147. The van der Waals surface area contributed by atoms with E-state index in [1.165, 1.54) is 37.8 Å². The van der Waals surface area contributed by atoms with Crippen LogP contribution in [0.2, 0.25) is 0 Å². The van der Waals surface area contributed by atoms with Gasteiger partial charge in [0.05, 0.1) is 9.82 Å². The van der Waals surface area contributed by atoms with Crippen LogP contribution in [-0.2, 0) is 10.0 Å². The number of nitrogens with zero attached hydrogens (tertiary/aromatic N) is 2. The molecule has 26 heavy (non-hydrogen) atoms. The van der Waals surface area contributed by atoms with E-state index in [2.05, 4.69) is 10.2 Å². The number of hydrogen-bond acceptors (Lipinski definition) is 6. The third kappa shape index (κ3) is 4.72. The molecule has 0 atom stereocenters. The molecule has 1 aliphatic carbocycles. The van der Waals surface area contributed by atoms with Crippen molar-refractivity contribution in [3.63, 3.8) is 0 Å².